The monoisotopic (exact) mass is 352 g/mol. The molecule has 0 bridgehead atoms. The molecule has 1 saturated heterocycles. The van der Waals surface area contributed by atoms with Crippen LogP contribution in [0.3, 0.4) is 0 Å². The van der Waals surface area contributed by atoms with Crippen LogP contribution in [-0.4, -0.2) is 43.8 Å². The van der Waals surface area contributed by atoms with Gasteiger partial charge in [-0.05, 0) is 31.0 Å². The smallest absolute Gasteiger partial charge is 0.331 e. The van der Waals surface area contributed by atoms with Gasteiger partial charge in [0.1, 0.15) is 6.26 Å². The summed E-state index contributed by atoms with van der Waals surface area (Å²) in [7, 11) is 0. The average molecular weight is 352 g/mol. The quantitative estimate of drug-likeness (QED) is 0.760. The summed E-state index contributed by atoms with van der Waals surface area (Å²) >= 11 is 0. The summed E-state index contributed by atoms with van der Waals surface area (Å²) in [6.07, 6.45) is 6.04. The molecule has 2 aromatic heterocycles. The van der Waals surface area contributed by atoms with Crippen molar-refractivity contribution in [1.82, 2.24) is 19.7 Å². The van der Waals surface area contributed by atoms with Crippen molar-refractivity contribution in [2.24, 2.45) is 0 Å². The lowest BCUT2D eigenvalue weighted by atomic mass is 9.87. The third-order valence-corrected chi connectivity index (χ3v) is 4.98. The highest BCUT2D eigenvalue weighted by Crippen LogP contribution is 2.31. The molecule has 1 aliphatic heterocycles. The van der Waals surface area contributed by atoms with Crippen LogP contribution in [0.25, 0.3) is 11.5 Å². The van der Waals surface area contributed by atoms with Gasteiger partial charge in [0, 0.05) is 37.6 Å². The maximum atomic E-state index is 11.9. The molecule has 3 heterocycles. The summed E-state index contributed by atoms with van der Waals surface area (Å²) < 4.78 is 7.16. The highest BCUT2D eigenvalue weighted by molar-refractivity contribution is 5.76. The van der Waals surface area contributed by atoms with Crippen molar-refractivity contribution in [1.29, 1.82) is 0 Å². The Labute approximate surface area is 150 Å². The van der Waals surface area contributed by atoms with E-state index in [9.17, 15) is 9.90 Å². The summed E-state index contributed by atoms with van der Waals surface area (Å²) in [4.78, 5) is 18.7. The number of carboxylic acids is 1. The number of benzene rings is 1. The van der Waals surface area contributed by atoms with Gasteiger partial charge >= 0.3 is 5.97 Å². The molecule has 7 nitrogen and oxygen atoms in total. The first-order valence-electron chi connectivity index (χ1n) is 8.63. The highest BCUT2D eigenvalue weighted by Gasteiger charge is 2.43. The number of hydrogen-bond donors (Lipinski definition) is 1. The van der Waals surface area contributed by atoms with E-state index in [1.807, 2.05) is 30.3 Å². The largest absolute Gasteiger partial charge is 0.479 e. The maximum Gasteiger partial charge on any atom is 0.331 e. The first kappa shape index (κ1) is 16.5. The van der Waals surface area contributed by atoms with E-state index in [4.69, 9.17) is 4.42 Å². The molecule has 0 radical (unpaired) electrons. The Hall–Kier alpha value is -2.93. The lowest BCUT2D eigenvalue weighted by Gasteiger charge is -2.38. The number of likely N-dealkylation sites (tertiary alicyclic amines) is 1. The molecular weight excluding hydrogens is 332 g/mol. The average Bonchev–Trinajstić information content (AvgIpc) is 3.35. The second-order valence-corrected chi connectivity index (χ2v) is 6.57. The van der Waals surface area contributed by atoms with Crippen LogP contribution in [0.15, 0.2) is 59.5 Å². The second kappa shape index (κ2) is 6.76. The van der Waals surface area contributed by atoms with E-state index in [-0.39, 0.29) is 0 Å². The third-order valence-electron chi connectivity index (χ3n) is 4.98. The second-order valence-electron chi connectivity index (χ2n) is 6.57. The SMILES string of the molecule is O=C(O)C1(n2cccn2)CCN(Cc2coc(-c3ccccc3)n2)CC1. The van der Waals surface area contributed by atoms with Crippen molar-refractivity contribution in [3.8, 4) is 11.5 Å². The number of carbonyl (C=O) groups is 1. The van der Waals surface area contributed by atoms with Gasteiger partial charge in [0.05, 0.1) is 5.69 Å². The van der Waals surface area contributed by atoms with Gasteiger partial charge in [-0.2, -0.15) is 5.10 Å². The number of aromatic nitrogens is 3. The number of rotatable bonds is 5. The molecule has 26 heavy (non-hydrogen) atoms. The minimum atomic E-state index is -0.959. The molecule has 1 aromatic carbocycles. The van der Waals surface area contributed by atoms with Crippen molar-refractivity contribution in [2.45, 2.75) is 24.9 Å². The number of nitrogens with zero attached hydrogens (tertiary/aromatic N) is 4. The van der Waals surface area contributed by atoms with E-state index < -0.39 is 11.5 Å². The van der Waals surface area contributed by atoms with E-state index in [2.05, 4.69) is 15.0 Å². The number of carboxylic acid groups (broad SMARTS) is 1. The minimum Gasteiger partial charge on any atom is -0.479 e. The van der Waals surface area contributed by atoms with E-state index in [1.165, 1.54) is 0 Å². The van der Waals surface area contributed by atoms with Crippen LogP contribution in [0.4, 0.5) is 0 Å². The lowest BCUT2D eigenvalue weighted by Crippen LogP contribution is -2.51. The summed E-state index contributed by atoms with van der Waals surface area (Å²) in [5.41, 5.74) is 0.839. The molecule has 0 spiro atoms. The Balaban J connectivity index is 1.43. The Morgan fingerprint density at radius 3 is 2.62 bits per heavy atom. The Morgan fingerprint density at radius 2 is 1.96 bits per heavy atom. The molecular formula is C19H20N4O3. The number of aliphatic carboxylic acids is 1. The predicted molar refractivity (Wildman–Crippen MR) is 94.3 cm³/mol. The van der Waals surface area contributed by atoms with Crippen LogP contribution >= 0.6 is 0 Å². The molecule has 1 N–H and O–H groups in total. The van der Waals surface area contributed by atoms with Crippen LogP contribution in [-0.2, 0) is 16.9 Å². The van der Waals surface area contributed by atoms with Crippen LogP contribution in [0.1, 0.15) is 18.5 Å². The Kier molecular flexibility index (Phi) is 4.30. The van der Waals surface area contributed by atoms with E-state index in [0.717, 1.165) is 11.3 Å². The molecule has 134 valence electrons. The maximum absolute atomic E-state index is 11.9. The molecule has 1 fully saturated rings. The first-order chi connectivity index (χ1) is 12.7. The molecule has 4 rings (SSSR count). The van der Waals surface area contributed by atoms with Gasteiger partial charge in [-0.15, -0.1) is 0 Å². The zero-order valence-electron chi connectivity index (χ0n) is 14.3. The first-order valence-corrected chi connectivity index (χ1v) is 8.63. The summed E-state index contributed by atoms with van der Waals surface area (Å²) in [6.45, 7) is 1.98. The number of piperidine rings is 1. The van der Waals surface area contributed by atoms with Crippen molar-refractivity contribution < 1.29 is 14.3 Å². The molecule has 1 aliphatic rings. The number of hydrogen-bond acceptors (Lipinski definition) is 5. The zero-order valence-corrected chi connectivity index (χ0v) is 14.3. The summed E-state index contributed by atoms with van der Waals surface area (Å²) in [5.74, 6) is -0.220. The van der Waals surface area contributed by atoms with Gasteiger partial charge in [-0.25, -0.2) is 9.78 Å². The summed E-state index contributed by atoms with van der Waals surface area (Å²) in [6, 6.07) is 11.5. The van der Waals surface area contributed by atoms with Gasteiger partial charge in [-0.1, -0.05) is 18.2 Å². The summed E-state index contributed by atoms with van der Waals surface area (Å²) in [5, 5.41) is 13.9. The van der Waals surface area contributed by atoms with Gasteiger partial charge < -0.3 is 9.52 Å². The molecule has 0 atom stereocenters. The molecule has 0 amide bonds. The predicted octanol–water partition coefficient (Wildman–Crippen LogP) is 2.61. The van der Waals surface area contributed by atoms with Gasteiger partial charge in [0.2, 0.25) is 5.89 Å². The van der Waals surface area contributed by atoms with E-state index in [1.54, 1.807) is 29.4 Å². The zero-order chi connectivity index (χ0) is 18.0. The van der Waals surface area contributed by atoms with E-state index in [0.29, 0.717) is 38.4 Å². The fourth-order valence-corrected chi connectivity index (χ4v) is 3.47. The van der Waals surface area contributed by atoms with Crippen molar-refractivity contribution >= 4 is 5.97 Å². The minimum absolute atomic E-state index is 0.507. The Bertz CT molecular complexity index is 865. The fraction of sp³-hybridized carbons (Fsp3) is 0.316. The van der Waals surface area contributed by atoms with Crippen LogP contribution in [0, 0.1) is 0 Å². The van der Waals surface area contributed by atoms with Gasteiger partial charge in [-0.3, -0.25) is 9.58 Å². The van der Waals surface area contributed by atoms with Crippen LogP contribution in [0.2, 0.25) is 0 Å². The Morgan fingerprint density at radius 1 is 1.19 bits per heavy atom. The van der Waals surface area contributed by atoms with Crippen LogP contribution in [0.5, 0.6) is 0 Å². The molecule has 0 unspecified atom stereocenters. The van der Waals surface area contributed by atoms with Gasteiger partial charge in [0.15, 0.2) is 5.54 Å². The van der Waals surface area contributed by atoms with E-state index >= 15 is 0 Å². The molecule has 3 aromatic rings. The van der Waals surface area contributed by atoms with Crippen molar-refractivity contribution in [3.63, 3.8) is 0 Å². The van der Waals surface area contributed by atoms with Crippen molar-refractivity contribution in [3.05, 3.63) is 60.7 Å². The lowest BCUT2D eigenvalue weighted by molar-refractivity contribution is -0.151. The highest BCUT2D eigenvalue weighted by atomic mass is 16.4. The molecule has 7 heteroatoms. The standard InChI is InChI=1S/C19H20N4O3/c24-18(25)19(23-10-4-9-20-23)7-11-22(12-8-19)13-16-14-26-17(21-16)15-5-2-1-3-6-15/h1-6,9-10,14H,7-8,11-13H2,(H,24,25). The fourth-order valence-electron chi connectivity index (χ4n) is 3.47. The van der Waals surface area contributed by atoms with Gasteiger partial charge in [0.25, 0.3) is 0 Å². The van der Waals surface area contributed by atoms with Crippen molar-refractivity contribution in [2.75, 3.05) is 13.1 Å². The van der Waals surface area contributed by atoms with Crippen LogP contribution < -0.4 is 0 Å². The third kappa shape index (κ3) is 3.01. The molecule has 0 saturated carbocycles. The topological polar surface area (TPSA) is 84.4 Å². The molecule has 0 aliphatic carbocycles. The normalized spacial score (nSPS) is 17.2. The number of oxazole rings is 1.